The lowest BCUT2D eigenvalue weighted by Gasteiger charge is -2.05. The van der Waals surface area contributed by atoms with Gasteiger partial charge in [0.1, 0.15) is 5.75 Å². The lowest BCUT2D eigenvalue weighted by molar-refractivity contribution is 0.112. The lowest BCUT2D eigenvalue weighted by Crippen LogP contribution is -2.01. The summed E-state index contributed by atoms with van der Waals surface area (Å²) in [5, 5.41) is 22.4. The predicted molar refractivity (Wildman–Crippen MR) is 101 cm³/mol. The first-order valence-corrected chi connectivity index (χ1v) is 7.91. The average Bonchev–Trinajstić information content (AvgIpc) is 2.70. The Morgan fingerprint density at radius 2 is 1.58 bits per heavy atom. The minimum atomic E-state index is 0.0758. The third-order valence-electron chi connectivity index (χ3n) is 3.53. The maximum Gasteiger partial charge on any atom is 0.201 e. The number of hydrazone groups is 1. The SMILES string of the molecule is O=Cc1ccccc1N=N/C(=N\Nc1ccccc1O)c1ccccc1. The van der Waals surface area contributed by atoms with Crippen LogP contribution in [0.4, 0.5) is 11.4 Å². The number of carbonyl (C=O) groups is 1. The number of benzene rings is 3. The molecule has 0 saturated heterocycles. The van der Waals surface area contributed by atoms with Gasteiger partial charge in [-0.1, -0.05) is 54.6 Å². The van der Waals surface area contributed by atoms with Gasteiger partial charge in [0.15, 0.2) is 6.29 Å². The third-order valence-corrected chi connectivity index (χ3v) is 3.53. The van der Waals surface area contributed by atoms with Crippen LogP contribution in [-0.4, -0.2) is 17.2 Å². The monoisotopic (exact) mass is 344 g/mol. The van der Waals surface area contributed by atoms with Crippen LogP contribution in [0.3, 0.4) is 0 Å². The number of hydrogen-bond acceptors (Lipinski definition) is 5. The molecule has 2 N–H and O–H groups in total. The van der Waals surface area contributed by atoms with Crippen molar-refractivity contribution in [3.63, 3.8) is 0 Å². The van der Waals surface area contributed by atoms with Gasteiger partial charge in [-0.05, 0) is 24.3 Å². The Morgan fingerprint density at radius 1 is 0.885 bits per heavy atom. The van der Waals surface area contributed by atoms with Crippen molar-refractivity contribution in [2.45, 2.75) is 0 Å². The van der Waals surface area contributed by atoms with Gasteiger partial charge in [0, 0.05) is 11.1 Å². The minimum Gasteiger partial charge on any atom is -0.506 e. The number of carbonyl (C=O) groups excluding carboxylic acids is 1. The topological polar surface area (TPSA) is 86.4 Å². The van der Waals surface area contributed by atoms with Gasteiger partial charge >= 0.3 is 0 Å². The number of amidine groups is 1. The zero-order valence-corrected chi connectivity index (χ0v) is 13.8. The fraction of sp³-hybridized carbons (Fsp3) is 0. The number of anilines is 1. The van der Waals surface area contributed by atoms with E-state index in [0.717, 1.165) is 11.8 Å². The van der Waals surface area contributed by atoms with Gasteiger partial charge in [0.05, 0.1) is 11.4 Å². The van der Waals surface area contributed by atoms with Crippen LogP contribution in [0.2, 0.25) is 0 Å². The van der Waals surface area contributed by atoms with Gasteiger partial charge in [-0.25, -0.2) is 0 Å². The predicted octanol–water partition coefficient (Wildman–Crippen LogP) is 4.76. The van der Waals surface area contributed by atoms with E-state index in [1.807, 2.05) is 30.3 Å². The highest BCUT2D eigenvalue weighted by Gasteiger charge is 2.05. The van der Waals surface area contributed by atoms with E-state index in [1.165, 1.54) is 0 Å². The summed E-state index contributed by atoms with van der Waals surface area (Å²) in [5.74, 6) is 0.390. The summed E-state index contributed by atoms with van der Waals surface area (Å²) in [7, 11) is 0. The smallest absolute Gasteiger partial charge is 0.201 e. The fourth-order valence-electron chi connectivity index (χ4n) is 2.19. The minimum absolute atomic E-state index is 0.0758. The van der Waals surface area contributed by atoms with Crippen molar-refractivity contribution in [1.82, 2.24) is 0 Å². The fourth-order valence-corrected chi connectivity index (χ4v) is 2.19. The van der Waals surface area contributed by atoms with Crippen LogP contribution in [0.25, 0.3) is 0 Å². The molecule has 0 aliphatic rings. The molecule has 0 heterocycles. The van der Waals surface area contributed by atoms with Crippen molar-refractivity contribution in [2.24, 2.45) is 15.3 Å². The quantitative estimate of drug-likeness (QED) is 0.175. The zero-order chi connectivity index (χ0) is 18.2. The van der Waals surface area contributed by atoms with Crippen LogP contribution in [-0.2, 0) is 0 Å². The van der Waals surface area contributed by atoms with Crippen molar-refractivity contribution >= 4 is 23.5 Å². The average molecular weight is 344 g/mol. The van der Waals surface area contributed by atoms with E-state index in [4.69, 9.17) is 0 Å². The molecule has 3 aromatic rings. The Balaban J connectivity index is 1.94. The van der Waals surface area contributed by atoms with E-state index in [0.29, 0.717) is 22.8 Å². The molecule has 0 amide bonds. The number of rotatable bonds is 5. The molecule has 3 rings (SSSR count). The van der Waals surface area contributed by atoms with Crippen LogP contribution in [0, 0.1) is 0 Å². The maximum absolute atomic E-state index is 11.1. The summed E-state index contributed by atoms with van der Waals surface area (Å²) in [4.78, 5) is 11.1. The van der Waals surface area contributed by atoms with Crippen LogP contribution in [0.15, 0.2) is 94.2 Å². The first-order chi connectivity index (χ1) is 12.8. The summed E-state index contributed by atoms with van der Waals surface area (Å²) >= 11 is 0. The molecule has 3 aromatic carbocycles. The Kier molecular flexibility index (Phi) is 5.47. The molecule has 0 saturated carbocycles. The molecule has 0 fully saturated rings. The molecule has 0 aliphatic carbocycles. The number of hydrogen-bond donors (Lipinski definition) is 2. The van der Waals surface area contributed by atoms with E-state index in [1.54, 1.807) is 48.5 Å². The summed E-state index contributed by atoms with van der Waals surface area (Å²) < 4.78 is 0. The molecule has 0 radical (unpaired) electrons. The van der Waals surface area contributed by atoms with Gasteiger partial charge < -0.3 is 5.11 Å². The second-order valence-corrected chi connectivity index (χ2v) is 5.31. The molecular weight excluding hydrogens is 328 g/mol. The number of nitrogens with zero attached hydrogens (tertiary/aromatic N) is 3. The number of para-hydroxylation sites is 2. The van der Waals surface area contributed by atoms with Crippen LogP contribution < -0.4 is 5.43 Å². The molecule has 0 bridgehead atoms. The Morgan fingerprint density at radius 3 is 2.35 bits per heavy atom. The van der Waals surface area contributed by atoms with Gasteiger partial charge in [-0.3, -0.25) is 10.2 Å². The number of phenolic OH excluding ortho intramolecular Hbond substituents is 1. The zero-order valence-electron chi connectivity index (χ0n) is 13.8. The third kappa shape index (κ3) is 4.18. The normalized spacial score (nSPS) is 11.5. The van der Waals surface area contributed by atoms with Crippen molar-refractivity contribution < 1.29 is 9.90 Å². The highest BCUT2D eigenvalue weighted by molar-refractivity contribution is 5.99. The van der Waals surface area contributed by atoms with Crippen LogP contribution >= 0.6 is 0 Å². The Bertz CT molecular complexity index is 953. The van der Waals surface area contributed by atoms with Crippen LogP contribution in [0.1, 0.15) is 15.9 Å². The molecule has 0 spiro atoms. The lowest BCUT2D eigenvalue weighted by atomic mass is 10.2. The number of aromatic hydroxyl groups is 1. The Hall–Kier alpha value is -3.80. The molecule has 6 nitrogen and oxygen atoms in total. The number of azo groups is 1. The molecule has 0 atom stereocenters. The first-order valence-electron chi connectivity index (χ1n) is 7.91. The first kappa shape index (κ1) is 17.0. The summed E-state index contributed by atoms with van der Waals surface area (Å²) in [6.07, 6.45) is 0.730. The molecular formula is C20H16N4O2. The van der Waals surface area contributed by atoms with E-state index in [9.17, 15) is 9.90 Å². The molecule has 0 unspecified atom stereocenters. The van der Waals surface area contributed by atoms with E-state index in [-0.39, 0.29) is 5.75 Å². The number of phenols is 1. The van der Waals surface area contributed by atoms with E-state index in [2.05, 4.69) is 20.8 Å². The largest absolute Gasteiger partial charge is 0.506 e. The molecule has 128 valence electrons. The highest BCUT2D eigenvalue weighted by atomic mass is 16.3. The maximum atomic E-state index is 11.1. The number of nitrogens with one attached hydrogen (secondary N) is 1. The second kappa shape index (κ2) is 8.34. The van der Waals surface area contributed by atoms with Crippen molar-refractivity contribution in [2.75, 3.05) is 5.43 Å². The number of aldehydes is 1. The van der Waals surface area contributed by atoms with E-state index >= 15 is 0 Å². The van der Waals surface area contributed by atoms with Crippen LogP contribution in [0.5, 0.6) is 5.75 Å². The Labute approximate surface area is 150 Å². The van der Waals surface area contributed by atoms with Gasteiger partial charge in [0.25, 0.3) is 0 Å². The van der Waals surface area contributed by atoms with Gasteiger partial charge in [-0.2, -0.15) is 5.10 Å². The highest BCUT2D eigenvalue weighted by Crippen LogP contribution is 2.22. The molecule has 0 aliphatic heterocycles. The van der Waals surface area contributed by atoms with Crippen molar-refractivity contribution in [1.29, 1.82) is 0 Å². The molecule has 0 aromatic heterocycles. The summed E-state index contributed by atoms with van der Waals surface area (Å²) in [6.45, 7) is 0. The summed E-state index contributed by atoms with van der Waals surface area (Å²) in [5.41, 5.74) is 4.87. The van der Waals surface area contributed by atoms with Gasteiger partial charge in [-0.15, -0.1) is 10.2 Å². The standard InChI is InChI=1S/C20H16N4O2/c25-14-16-10-4-5-11-17(16)21-23-20(15-8-2-1-3-9-15)24-22-18-12-6-7-13-19(18)26/h1-14,22,26H/b23-21?,24-20-. The van der Waals surface area contributed by atoms with Crippen molar-refractivity contribution in [3.8, 4) is 5.75 Å². The summed E-state index contributed by atoms with van der Waals surface area (Å²) in [6, 6.07) is 23.0. The van der Waals surface area contributed by atoms with E-state index < -0.39 is 0 Å². The molecule has 6 heteroatoms. The second-order valence-electron chi connectivity index (χ2n) is 5.31. The molecule has 26 heavy (non-hydrogen) atoms. The van der Waals surface area contributed by atoms with Gasteiger partial charge in [0.2, 0.25) is 5.84 Å². The van der Waals surface area contributed by atoms with Crippen molar-refractivity contribution in [3.05, 3.63) is 90.0 Å².